The van der Waals surface area contributed by atoms with Gasteiger partial charge in [0.2, 0.25) is 0 Å². The highest BCUT2D eigenvalue weighted by molar-refractivity contribution is 4.70. The van der Waals surface area contributed by atoms with Gasteiger partial charge in [-0.3, -0.25) is 0 Å². The first-order valence-electron chi connectivity index (χ1n) is 6.48. The first-order valence-corrected chi connectivity index (χ1v) is 6.48. The molecular formula is C13H29NO. The Morgan fingerprint density at radius 2 is 1.67 bits per heavy atom. The van der Waals surface area contributed by atoms with Gasteiger partial charge in [-0.1, -0.05) is 33.6 Å². The third kappa shape index (κ3) is 7.80. The minimum absolute atomic E-state index is 0.341. The highest BCUT2D eigenvalue weighted by atomic mass is 16.5. The van der Waals surface area contributed by atoms with Crippen LogP contribution in [-0.2, 0) is 4.74 Å². The van der Waals surface area contributed by atoms with E-state index >= 15 is 0 Å². The third-order valence-corrected chi connectivity index (χ3v) is 2.90. The molecular weight excluding hydrogens is 186 g/mol. The lowest BCUT2D eigenvalue weighted by Gasteiger charge is -2.23. The van der Waals surface area contributed by atoms with Gasteiger partial charge in [0.05, 0.1) is 12.7 Å². The van der Waals surface area contributed by atoms with E-state index in [9.17, 15) is 0 Å². The first kappa shape index (κ1) is 14.9. The summed E-state index contributed by atoms with van der Waals surface area (Å²) in [6.07, 6.45) is 4.14. The Hall–Kier alpha value is -0.0800. The highest BCUT2D eigenvalue weighted by Gasteiger charge is 2.13. The van der Waals surface area contributed by atoms with Gasteiger partial charge in [-0.2, -0.15) is 0 Å². The van der Waals surface area contributed by atoms with Crippen molar-refractivity contribution in [3.05, 3.63) is 0 Å². The summed E-state index contributed by atoms with van der Waals surface area (Å²) in [6.45, 7) is 12.8. The zero-order valence-corrected chi connectivity index (χ0v) is 11.2. The van der Waals surface area contributed by atoms with Crippen LogP contribution in [0.3, 0.4) is 0 Å². The monoisotopic (exact) mass is 215 g/mol. The van der Waals surface area contributed by atoms with Crippen LogP contribution in [0.15, 0.2) is 0 Å². The van der Waals surface area contributed by atoms with E-state index in [0.29, 0.717) is 12.1 Å². The molecule has 1 unspecified atom stereocenters. The normalized spacial score (nSPS) is 13.8. The van der Waals surface area contributed by atoms with E-state index in [0.717, 1.165) is 19.1 Å². The smallest absolute Gasteiger partial charge is 0.0623 e. The fourth-order valence-electron chi connectivity index (χ4n) is 1.83. The van der Waals surface area contributed by atoms with E-state index in [-0.39, 0.29) is 0 Å². The van der Waals surface area contributed by atoms with Crippen molar-refractivity contribution in [2.45, 2.75) is 66.0 Å². The maximum atomic E-state index is 5.68. The lowest BCUT2D eigenvalue weighted by atomic mass is 9.95. The van der Waals surface area contributed by atoms with Gasteiger partial charge in [0, 0.05) is 6.04 Å². The second-order valence-electron chi connectivity index (χ2n) is 4.55. The Bertz CT molecular complexity index is 132. The molecule has 0 aromatic heterocycles. The van der Waals surface area contributed by atoms with Gasteiger partial charge in [-0.05, 0) is 32.7 Å². The molecule has 2 heteroatoms. The minimum Gasteiger partial charge on any atom is -0.377 e. The average Bonchev–Trinajstić information content (AvgIpc) is 2.22. The number of hydrogen-bond acceptors (Lipinski definition) is 2. The van der Waals surface area contributed by atoms with Gasteiger partial charge in [0.1, 0.15) is 0 Å². The maximum Gasteiger partial charge on any atom is 0.0623 e. The van der Waals surface area contributed by atoms with Crippen LogP contribution in [0.4, 0.5) is 0 Å². The molecule has 0 aliphatic carbocycles. The van der Waals surface area contributed by atoms with Gasteiger partial charge in [0.25, 0.3) is 0 Å². The Morgan fingerprint density at radius 3 is 2.07 bits per heavy atom. The lowest BCUT2D eigenvalue weighted by Crippen LogP contribution is -2.36. The summed E-state index contributed by atoms with van der Waals surface area (Å²) in [5, 5.41) is 3.51. The molecule has 0 spiro atoms. The number of hydrogen-bond donors (Lipinski definition) is 1. The molecule has 1 N–H and O–H groups in total. The molecule has 0 aliphatic heterocycles. The van der Waals surface area contributed by atoms with E-state index in [1.54, 1.807) is 0 Å². The number of likely N-dealkylation sites (N-methyl/N-ethyl adjacent to an activating group) is 1. The molecule has 0 radical (unpaired) electrons. The standard InChI is InChI=1S/C13H29NO/c1-6-12(7-2)9-13(14-8-3)10-15-11(4)5/h11-14H,6-10H2,1-5H3. The van der Waals surface area contributed by atoms with Crippen LogP contribution in [0.1, 0.15) is 53.9 Å². The Kier molecular flexibility index (Phi) is 9.12. The highest BCUT2D eigenvalue weighted by Crippen LogP contribution is 2.15. The van der Waals surface area contributed by atoms with Crippen molar-refractivity contribution in [2.24, 2.45) is 5.92 Å². The molecule has 1 atom stereocenters. The zero-order chi connectivity index (χ0) is 11.7. The Morgan fingerprint density at radius 1 is 1.07 bits per heavy atom. The molecule has 0 heterocycles. The topological polar surface area (TPSA) is 21.3 Å². The summed E-state index contributed by atoms with van der Waals surface area (Å²) in [4.78, 5) is 0. The third-order valence-electron chi connectivity index (χ3n) is 2.90. The first-order chi connectivity index (χ1) is 7.13. The van der Waals surface area contributed by atoms with Crippen molar-refractivity contribution in [3.8, 4) is 0 Å². The zero-order valence-electron chi connectivity index (χ0n) is 11.2. The van der Waals surface area contributed by atoms with E-state index < -0.39 is 0 Å². The van der Waals surface area contributed by atoms with Gasteiger partial charge >= 0.3 is 0 Å². The van der Waals surface area contributed by atoms with E-state index in [1.165, 1.54) is 19.3 Å². The van der Waals surface area contributed by atoms with Crippen LogP contribution in [0.5, 0.6) is 0 Å². The summed E-state index contributed by atoms with van der Waals surface area (Å²) in [7, 11) is 0. The number of nitrogens with one attached hydrogen (secondary N) is 1. The van der Waals surface area contributed by atoms with Crippen molar-refractivity contribution < 1.29 is 4.74 Å². The quantitative estimate of drug-likeness (QED) is 0.637. The summed E-state index contributed by atoms with van der Waals surface area (Å²) >= 11 is 0. The molecule has 0 amide bonds. The van der Waals surface area contributed by atoms with Crippen LogP contribution in [0.25, 0.3) is 0 Å². The summed E-state index contributed by atoms with van der Waals surface area (Å²) in [6, 6.07) is 0.530. The van der Waals surface area contributed by atoms with Crippen LogP contribution < -0.4 is 5.32 Å². The average molecular weight is 215 g/mol. The molecule has 2 nitrogen and oxygen atoms in total. The van der Waals surface area contributed by atoms with E-state index in [4.69, 9.17) is 4.74 Å². The minimum atomic E-state index is 0.341. The fourth-order valence-corrected chi connectivity index (χ4v) is 1.83. The Balaban J connectivity index is 3.90. The number of rotatable bonds is 9. The van der Waals surface area contributed by atoms with Crippen molar-refractivity contribution in [2.75, 3.05) is 13.2 Å². The molecule has 92 valence electrons. The molecule has 0 aliphatic rings. The molecule has 0 bridgehead atoms. The molecule has 0 rings (SSSR count). The van der Waals surface area contributed by atoms with Crippen LogP contribution in [-0.4, -0.2) is 25.3 Å². The number of ether oxygens (including phenoxy) is 1. The van der Waals surface area contributed by atoms with Crippen LogP contribution >= 0.6 is 0 Å². The van der Waals surface area contributed by atoms with Crippen molar-refractivity contribution in [1.82, 2.24) is 5.32 Å². The SMILES string of the molecule is CCNC(COC(C)C)CC(CC)CC. The van der Waals surface area contributed by atoms with Crippen molar-refractivity contribution in [3.63, 3.8) is 0 Å². The van der Waals surface area contributed by atoms with Crippen molar-refractivity contribution >= 4 is 0 Å². The molecule has 15 heavy (non-hydrogen) atoms. The molecule has 0 saturated carbocycles. The predicted molar refractivity (Wildman–Crippen MR) is 67.2 cm³/mol. The fraction of sp³-hybridized carbons (Fsp3) is 1.00. The Labute approximate surface area is 95.8 Å². The van der Waals surface area contributed by atoms with Gasteiger partial charge in [-0.15, -0.1) is 0 Å². The van der Waals surface area contributed by atoms with E-state index in [2.05, 4.69) is 39.9 Å². The molecule has 0 aromatic carbocycles. The van der Waals surface area contributed by atoms with Crippen molar-refractivity contribution in [1.29, 1.82) is 0 Å². The predicted octanol–water partition coefficient (Wildman–Crippen LogP) is 3.22. The van der Waals surface area contributed by atoms with Crippen LogP contribution in [0, 0.1) is 5.92 Å². The van der Waals surface area contributed by atoms with Gasteiger partial charge in [-0.25, -0.2) is 0 Å². The molecule has 0 aromatic rings. The van der Waals surface area contributed by atoms with E-state index in [1.807, 2.05) is 0 Å². The largest absolute Gasteiger partial charge is 0.377 e. The molecule has 0 fully saturated rings. The second-order valence-corrected chi connectivity index (χ2v) is 4.55. The second kappa shape index (κ2) is 9.17. The van der Waals surface area contributed by atoms with Crippen LogP contribution in [0.2, 0.25) is 0 Å². The summed E-state index contributed by atoms with van der Waals surface area (Å²) in [5.74, 6) is 0.838. The summed E-state index contributed by atoms with van der Waals surface area (Å²) in [5.41, 5.74) is 0. The molecule has 0 saturated heterocycles. The summed E-state index contributed by atoms with van der Waals surface area (Å²) < 4.78 is 5.68. The van der Waals surface area contributed by atoms with Gasteiger partial charge in [0.15, 0.2) is 0 Å². The lowest BCUT2D eigenvalue weighted by molar-refractivity contribution is 0.0560. The van der Waals surface area contributed by atoms with Gasteiger partial charge < -0.3 is 10.1 Å². The maximum absolute atomic E-state index is 5.68.